The zero-order valence-corrected chi connectivity index (χ0v) is 11.6. The van der Waals surface area contributed by atoms with Gasteiger partial charge in [0.15, 0.2) is 5.78 Å². The molecule has 0 spiro atoms. The maximum atomic E-state index is 12.5. The summed E-state index contributed by atoms with van der Waals surface area (Å²) in [5.41, 5.74) is 1.69. The third-order valence-corrected chi connectivity index (χ3v) is 3.91. The molecule has 2 nitrogen and oxygen atoms in total. The Balaban J connectivity index is 2.19. The first kappa shape index (κ1) is 13.3. The second-order valence-electron chi connectivity index (χ2n) is 5.74. The fraction of sp³-hybridized carbons (Fsp3) is 0.562. The number of benzene rings is 1. The zero-order chi connectivity index (χ0) is 13.2. The van der Waals surface area contributed by atoms with Crippen LogP contribution in [0.25, 0.3) is 0 Å². The molecule has 0 saturated heterocycles. The summed E-state index contributed by atoms with van der Waals surface area (Å²) in [6.07, 6.45) is 3.87. The van der Waals surface area contributed by atoms with Crippen molar-refractivity contribution in [2.45, 2.75) is 51.5 Å². The Kier molecular flexibility index (Phi) is 3.86. The number of hydrogen-bond donors (Lipinski definition) is 1. The highest BCUT2D eigenvalue weighted by Gasteiger charge is 2.28. The molecule has 0 aromatic heterocycles. The highest BCUT2D eigenvalue weighted by molar-refractivity contribution is 6.02. The van der Waals surface area contributed by atoms with E-state index in [-0.39, 0.29) is 5.78 Å². The molecule has 1 aliphatic carbocycles. The van der Waals surface area contributed by atoms with Gasteiger partial charge < -0.3 is 5.32 Å². The number of likely N-dealkylation sites (N-methyl/N-ethyl adjacent to an activating group) is 1. The van der Waals surface area contributed by atoms with E-state index >= 15 is 0 Å². The van der Waals surface area contributed by atoms with E-state index in [0.717, 1.165) is 12.1 Å². The SMILES string of the molecule is CCNC(C)(C)C(=O)c1cccc(C2CCC2)c1. The van der Waals surface area contributed by atoms with Crippen LogP contribution >= 0.6 is 0 Å². The average molecular weight is 245 g/mol. The number of ketones is 1. The maximum absolute atomic E-state index is 12.5. The van der Waals surface area contributed by atoms with Crippen LogP contribution in [0, 0.1) is 0 Å². The minimum Gasteiger partial charge on any atom is -0.305 e. The van der Waals surface area contributed by atoms with Crippen LogP contribution in [0.2, 0.25) is 0 Å². The molecule has 18 heavy (non-hydrogen) atoms. The molecule has 0 heterocycles. The van der Waals surface area contributed by atoms with Gasteiger partial charge in [0.1, 0.15) is 0 Å². The Morgan fingerprint density at radius 1 is 1.39 bits per heavy atom. The molecule has 1 aromatic rings. The van der Waals surface area contributed by atoms with E-state index in [9.17, 15) is 4.79 Å². The van der Waals surface area contributed by atoms with Gasteiger partial charge in [-0.1, -0.05) is 31.5 Å². The van der Waals surface area contributed by atoms with Crippen molar-refractivity contribution in [3.05, 3.63) is 35.4 Å². The van der Waals surface area contributed by atoms with E-state index in [0.29, 0.717) is 5.92 Å². The van der Waals surface area contributed by atoms with Crippen LogP contribution in [-0.4, -0.2) is 17.9 Å². The topological polar surface area (TPSA) is 29.1 Å². The summed E-state index contributed by atoms with van der Waals surface area (Å²) in [4.78, 5) is 12.5. The molecular weight excluding hydrogens is 222 g/mol. The van der Waals surface area contributed by atoms with E-state index in [1.54, 1.807) is 0 Å². The van der Waals surface area contributed by atoms with Gasteiger partial charge in [-0.05, 0) is 50.8 Å². The highest BCUT2D eigenvalue weighted by Crippen LogP contribution is 2.36. The van der Waals surface area contributed by atoms with Crippen molar-refractivity contribution >= 4 is 5.78 Å². The average Bonchev–Trinajstić information content (AvgIpc) is 2.26. The summed E-state index contributed by atoms with van der Waals surface area (Å²) in [6, 6.07) is 8.19. The van der Waals surface area contributed by atoms with Gasteiger partial charge in [0.25, 0.3) is 0 Å². The first-order chi connectivity index (χ1) is 8.54. The Labute approximate surface area is 110 Å². The van der Waals surface area contributed by atoms with Gasteiger partial charge in [-0.25, -0.2) is 0 Å². The molecule has 0 aliphatic heterocycles. The normalized spacial score (nSPS) is 16.4. The zero-order valence-electron chi connectivity index (χ0n) is 11.6. The maximum Gasteiger partial charge on any atom is 0.182 e. The lowest BCUT2D eigenvalue weighted by Crippen LogP contribution is -2.46. The number of nitrogens with one attached hydrogen (secondary N) is 1. The summed E-state index contributed by atoms with van der Waals surface area (Å²) in [5.74, 6) is 0.866. The summed E-state index contributed by atoms with van der Waals surface area (Å²) in [7, 11) is 0. The van der Waals surface area contributed by atoms with Crippen LogP contribution in [-0.2, 0) is 0 Å². The minimum atomic E-state index is -0.479. The first-order valence-corrected chi connectivity index (χ1v) is 6.94. The van der Waals surface area contributed by atoms with Crippen molar-refractivity contribution in [3.8, 4) is 0 Å². The van der Waals surface area contributed by atoms with E-state index < -0.39 is 5.54 Å². The number of rotatable bonds is 5. The summed E-state index contributed by atoms with van der Waals surface area (Å²) < 4.78 is 0. The van der Waals surface area contributed by atoms with Crippen molar-refractivity contribution in [3.63, 3.8) is 0 Å². The third-order valence-electron chi connectivity index (χ3n) is 3.91. The van der Waals surface area contributed by atoms with Gasteiger partial charge in [0, 0.05) is 5.56 Å². The van der Waals surface area contributed by atoms with E-state index in [1.165, 1.54) is 24.8 Å². The fourth-order valence-corrected chi connectivity index (χ4v) is 2.56. The standard InChI is InChI=1S/C16H23NO/c1-4-17-16(2,3)15(18)14-10-6-9-13(11-14)12-7-5-8-12/h6,9-12,17H,4-5,7-8H2,1-3H3. The molecule has 0 amide bonds. The summed E-state index contributed by atoms with van der Waals surface area (Å²) in [6.45, 7) is 6.74. The van der Waals surface area contributed by atoms with Crippen LogP contribution in [0.15, 0.2) is 24.3 Å². The Bertz CT molecular complexity index is 432. The molecule has 0 bridgehead atoms. The lowest BCUT2D eigenvalue weighted by molar-refractivity contribution is 0.0884. The molecule has 1 aromatic carbocycles. The van der Waals surface area contributed by atoms with Crippen LogP contribution in [0.5, 0.6) is 0 Å². The first-order valence-electron chi connectivity index (χ1n) is 6.94. The molecule has 2 rings (SSSR count). The molecule has 1 N–H and O–H groups in total. The fourth-order valence-electron chi connectivity index (χ4n) is 2.56. The predicted molar refractivity (Wildman–Crippen MR) is 75.1 cm³/mol. The van der Waals surface area contributed by atoms with Gasteiger partial charge in [-0.2, -0.15) is 0 Å². The van der Waals surface area contributed by atoms with Crippen molar-refractivity contribution in [2.24, 2.45) is 0 Å². The lowest BCUT2D eigenvalue weighted by Gasteiger charge is -2.27. The second-order valence-corrected chi connectivity index (χ2v) is 5.74. The summed E-state index contributed by atoms with van der Waals surface area (Å²) >= 11 is 0. The Hall–Kier alpha value is -1.15. The van der Waals surface area contributed by atoms with Gasteiger partial charge >= 0.3 is 0 Å². The largest absolute Gasteiger partial charge is 0.305 e. The summed E-state index contributed by atoms with van der Waals surface area (Å²) in [5, 5.41) is 3.25. The molecular formula is C16H23NO. The lowest BCUT2D eigenvalue weighted by atomic mass is 9.79. The molecule has 1 saturated carbocycles. The smallest absolute Gasteiger partial charge is 0.182 e. The molecule has 0 unspecified atom stereocenters. The van der Waals surface area contributed by atoms with Crippen LogP contribution in [0.4, 0.5) is 0 Å². The van der Waals surface area contributed by atoms with Crippen LogP contribution in [0.1, 0.15) is 61.9 Å². The van der Waals surface area contributed by atoms with Crippen molar-refractivity contribution < 1.29 is 4.79 Å². The van der Waals surface area contributed by atoms with Gasteiger partial charge in [-0.3, -0.25) is 4.79 Å². The van der Waals surface area contributed by atoms with Gasteiger partial charge in [-0.15, -0.1) is 0 Å². The predicted octanol–water partition coefficient (Wildman–Crippen LogP) is 3.52. The molecule has 98 valence electrons. The number of hydrogen-bond acceptors (Lipinski definition) is 2. The van der Waals surface area contributed by atoms with Gasteiger partial charge in [0.2, 0.25) is 0 Å². The van der Waals surface area contributed by atoms with Crippen LogP contribution in [0.3, 0.4) is 0 Å². The highest BCUT2D eigenvalue weighted by atomic mass is 16.1. The molecule has 1 aliphatic rings. The molecule has 2 heteroatoms. The van der Waals surface area contributed by atoms with Crippen LogP contribution < -0.4 is 5.32 Å². The van der Waals surface area contributed by atoms with Crippen molar-refractivity contribution in [1.29, 1.82) is 0 Å². The Morgan fingerprint density at radius 2 is 2.11 bits per heavy atom. The van der Waals surface area contributed by atoms with E-state index in [2.05, 4.69) is 17.4 Å². The van der Waals surface area contributed by atoms with Crippen molar-refractivity contribution in [1.82, 2.24) is 5.32 Å². The quantitative estimate of drug-likeness (QED) is 0.804. The molecule has 0 atom stereocenters. The Morgan fingerprint density at radius 3 is 2.67 bits per heavy atom. The molecule has 1 fully saturated rings. The number of carbonyl (C=O) groups excluding carboxylic acids is 1. The number of Topliss-reactive ketones (excluding diaryl/α,β-unsaturated/α-hetero) is 1. The minimum absolute atomic E-state index is 0.186. The van der Waals surface area contributed by atoms with E-state index in [4.69, 9.17) is 0 Å². The third kappa shape index (κ3) is 2.64. The molecule has 0 radical (unpaired) electrons. The monoisotopic (exact) mass is 245 g/mol. The van der Waals surface area contributed by atoms with Crippen molar-refractivity contribution in [2.75, 3.05) is 6.54 Å². The second kappa shape index (κ2) is 5.23. The number of carbonyl (C=O) groups is 1. The van der Waals surface area contributed by atoms with E-state index in [1.807, 2.05) is 32.9 Å². The van der Waals surface area contributed by atoms with Gasteiger partial charge in [0.05, 0.1) is 5.54 Å².